The number of nitrogens with one attached hydrogen (secondary N) is 2. The average Bonchev–Trinajstić information content (AvgIpc) is 2.55. The van der Waals surface area contributed by atoms with Crippen LogP contribution in [0, 0.1) is 5.92 Å². The highest BCUT2D eigenvalue weighted by Gasteiger charge is 2.27. The van der Waals surface area contributed by atoms with Crippen molar-refractivity contribution < 1.29 is 9.59 Å². The van der Waals surface area contributed by atoms with Crippen LogP contribution < -0.4 is 16.4 Å². The molecule has 0 radical (unpaired) electrons. The van der Waals surface area contributed by atoms with E-state index in [9.17, 15) is 9.59 Å². The topological polar surface area (TPSA) is 87.5 Å². The average molecular weight is 338 g/mol. The van der Waals surface area contributed by atoms with Crippen LogP contribution in [0.1, 0.15) is 65.2 Å². The largest absolute Gasteiger partial charge is 0.341 e. The number of piperidine rings is 1. The number of urea groups is 1. The Kier molecular flexibility index (Phi) is 7.34. The van der Waals surface area contributed by atoms with Crippen molar-refractivity contribution in [2.45, 2.75) is 83.3 Å². The van der Waals surface area contributed by atoms with Gasteiger partial charge in [-0.05, 0) is 38.0 Å². The molecule has 1 saturated carbocycles. The third kappa shape index (κ3) is 5.96. The van der Waals surface area contributed by atoms with Crippen molar-refractivity contribution in [1.82, 2.24) is 15.5 Å². The van der Waals surface area contributed by atoms with Crippen LogP contribution in [0.15, 0.2) is 0 Å². The fraction of sp³-hybridized carbons (Fsp3) is 0.889. The molecule has 1 atom stereocenters. The van der Waals surface area contributed by atoms with Gasteiger partial charge in [0.15, 0.2) is 0 Å². The zero-order chi connectivity index (χ0) is 17.5. The van der Waals surface area contributed by atoms with Gasteiger partial charge in [-0.3, -0.25) is 4.79 Å². The van der Waals surface area contributed by atoms with E-state index < -0.39 is 6.04 Å². The van der Waals surface area contributed by atoms with Gasteiger partial charge < -0.3 is 21.3 Å². The lowest BCUT2D eigenvalue weighted by Gasteiger charge is -2.34. The lowest BCUT2D eigenvalue weighted by atomic mass is 9.96. The number of rotatable bonds is 5. The van der Waals surface area contributed by atoms with Crippen molar-refractivity contribution in [1.29, 1.82) is 0 Å². The summed E-state index contributed by atoms with van der Waals surface area (Å²) in [6.45, 7) is 5.51. The molecule has 0 unspecified atom stereocenters. The van der Waals surface area contributed by atoms with Gasteiger partial charge >= 0.3 is 6.03 Å². The van der Waals surface area contributed by atoms with Crippen LogP contribution in [-0.4, -0.2) is 48.1 Å². The van der Waals surface area contributed by atoms with Gasteiger partial charge in [0, 0.05) is 25.2 Å². The van der Waals surface area contributed by atoms with Gasteiger partial charge in [0.05, 0.1) is 6.04 Å². The number of carbonyl (C=O) groups excluding carboxylic acids is 2. The Labute approximate surface area is 145 Å². The molecule has 0 spiro atoms. The van der Waals surface area contributed by atoms with Gasteiger partial charge in [-0.2, -0.15) is 0 Å². The molecule has 0 bridgehead atoms. The summed E-state index contributed by atoms with van der Waals surface area (Å²) < 4.78 is 0. The first-order chi connectivity index (χ1) is 11.5. The van der Waals surface area contributed by atoms with Gasteiger partial charge in [-0.1, -0.05) is 33.1 Å². The van der Waals surface area contributed by atoms with E-state index in [2.05, 4.69) is 24.5 Å². The summed E-state index contributed by atoms with van der Waals surface area (Å²) in [6.07, 6.45) is 8.22. The fourth-order valence-electron chi connectivity index (χ4n) is 3.75. The Morgan fingerprint density at radius 2 is 1.54 bits per heavy atom. The van der Waals surface area contributed by atoms with E-state index in [1.165, 1.54) is 19.3 Å². The maximum atomic E-state index is 12.3. The van der Waals surface area contributed by atoms with Crippen molar-refractivity contribution >= 4 is 11.9 Å². The van der Waals surface area contributed by atoms with Crippen molar-refractivity contribution in [3.05, 3.63) is 0 Å². The predicted molar refractivity (Wildman–Crippen MR) is 95.6 cm³/mol. The number of amides is 3. The number of hydrogen-bond donors (Lipinski definition) is 3. The van der Waals surface area contributed by atoms with E-state index in [1.54, 1.807) is 0 Å². The van der Waals surface area contributed by atoms with E-state index >= 15 is 0 Å². The third-order valence-corrected chi connectivity index (χ3v) is 5.12. The first kappa shape index (κ1) is 19.0. The smallest absolute Gasteiger partial charge is 0.315 e. The lowest BCUT2D eigenvalue weighted by Crippen LogP contribution is -2.53. The number of nitrogens with two attached hydrogens (primary N) is 1. The van der Waals surface area contributed by atoms with Crippen LogP contribution >= 0.6 is 0 Å². The lowest BCUT2D eigenvalue weighted by molar-refractivity contribution is -0.134. The molecule has 2 aliphatic rings. The van der Waals surface area contributed by atoms with E-state index in [1.807, 2.05) is 4.90 Å². The second-order valence-corrected chi connectivity index (χ2v) is 7.79. The van der Waals surface area contributed by atoms with E-state index in [0.29, 0.717) is 25.0 Å². The molecule has 0 aromatic carbocycles. The number of carbonyl (C=O) groups is 2. The Morgan fingerprint density at radius 1 is 1.00 bits per heavy atom. The molecule has 1 saturated heterocycles. The van der Waals surface area contributed by atoms with Crippen molar-refractivity contribution in [3.8, 4) is 0 Å². The molecular formula is C18H34N4O2. The van der Waals surface area contributed by atoms with E-state index in [-0.39, 0.29) is 18.0 Å². The zero-order valence-electron chi connectivity index (χ0n) is 15.2. The van der Waals surface area contributed by atoms with Crippen LogP contribution in [-0.2, 0) is 4.79 Å². The maximum Gasteiger partial charge on any atom is 0.315 e. The molecule has 3 amide bonds. The number of hydrogen-bond acceptors (Lipinski definition) is 3. The van der Waals surface area contributed by atoms with Crippen molar-refractivity contribution in [2.24, 2.45) is 11.7 Å². The Hall–Kier alpha value is -1.30. The molecule has 1 aliphatic heterocycles. The zero-order valence-corrected chi connectivity index (χ0v) is 15.2. The normalized spacial score (nSPS) is 21.6. The van der Waals surface area contributed by atoms with Gasteiger partial charge in [-0.15, -0.1) is 0 Å². The van der Waals surface area contributed by atoms with Crippen LogP contribution in [0.5, 0.6) is 0 Å². The second kappa shape index (κ2) is 9.25. The molecule has 0 aromatic heterocycles. The monoisotopic (exact) mass is 338 g/mol. The SMILES string of the molecule is CC(C)C[C@H](N)C(=O)N1CCC(NC(=O)NC2CCCCC2)CC1. The highest BCUT2D eigenvalue weighted by molar-refractivity contribution is 5.81. The summed E-state index contributed by atoms with van der Waals surface area (Å²) in [5.74, 6) is 0.473. The van der Waals surface area contributed by atoms with E-state index in [0.717, 1.165) is 32.1 Å². The second-order valence-electron chi connectivity index (χ2n) is 7.79. The molecule has 2 rings (SSSR count). The highest BCUT2D eigenvalue weighted by Crippen LogP contribution is 2.17. The summed E-state index contributed by atoms with van der Waals surface area (Å²) in [4.78, 5) is 26.3. The summed E-state index contributed by atoms with van der Waals surface area (Å²) in [5.41, 5.74) is 6.00. The predicted octanol–water partition coefficient (Wildman–Crippen LogP) is 1.98. The first-order valence-electron chi connectivity index (χ1n) is 9.57. The van der Waals surface area contributed by atoms with Crippen LogP contribution in [0.25, 0.3) is 0 Å². The molecule has 138 valence electrons. The quantitative estimate of drug-likeness (QED) is 0.716. The Bertz CT molecular complexity index is 413. The van der Waals surface area contributed by atoms with Crippen LogP contribution in [0.4, 0.5) is 4.79 Å². The van der Waals surface area contributed by atoms with Crippen LogP contribution in [0.2, 0.25) is 0 Å². The fourth-order valence-corrected chi connectivity index (χ4v) is 3.75. The van der Waals surface area contributed by atoms with Gasteiger partial charge in [0.25, 0.3) is 0 Å². The first-order valence-corrected chi connectivity index (χ1v) is 9.57. The van der Waals surface area contributed by atoms with Crippen molar-refractivity contribution in [3.63, 3.8) is 0 Å². The Balaban J connectivity index is 1.68. The molecular weight excluding hydrogens is 304 g/mol. The highest BCUT2D eigenvalue weighted by atomic mass is 16.2. The molecule has 2 fully saturated rings. The van der Waals surface area contributed by atoms with Gasteiger partial charge in [0.1, 0.15) is 0 Å². The minimum absolute atomic E-state index is 0.0498. The molecule has 24 heavy (non-hydrogen) atoms. The molecule has 6 heteroatoms. The number of likely N-dealkylation sites (tertiary alicyclic amines) is 1. The minimum atomic E-state index is -0.399. The Morgan fingerprint density at radius 3 is 2.08 bits per heavy atom. The van der Waals surface area contributed by atoms with Gasteiger partial charge in [-0.25, -0.2) is 4.79 Å². The molecule has 1 aliphatic carbocycles. The summed E-state index contributed by atoms with van der Waals surface area (Å²) in [7, 11) is 0. The molecule has 0 aromatic rings. The number of nitrogens with zero attached hydrogens (tertiary/aromatic N) is 1. The van der Waals surface area contributed by atoms with Crippen molar-refractivity contribution in [2.75, 3.05) is 13.1 Å². The molecule has 1 heterocycles. The third-order valence-electron chi connectivity index (χ3n) is 5.12. The summed E-state index contributed by atoms with van der Waals surface area (Å²) >= 11 is 0. The standard InChI is InChI=1S/C18H34N4O2/c1-13(2)12-16(19)17(23)22-10-8-15(9-11-22)21-18(24)20-14-6-4-3-5-7-14/h13-16H,3-12,19H2,1-2H3,(H2,20,21,24)/t16-/m0/s1. The van der Waals surface area contributed by atoms with E-state index in [4.69, 9.17) is 5.73 Å². The molecule has 6 nitrogen and oxygen atoms in total. The summed E-state index contributed by atoms with van der Waals surface area (Å²) in [6, 6.07) is 0.0284. The minimum Gasteiger partial charge on any atom is -0.341 e. The van der Waals surface area contributed by atoms with Gasteiger partial charge in [0.2, 0.25) is 5.91 Å². The summed E-state index contributed by atoms with van der Waals surface area (Å²) in [5, 5.41) is 6.16. The van der Waals surface area contributed by atoms with Crippen LogP contribution in [0.3, 0.4) is 0 Å². The maximum absolute atomic E-state index is 12.3. The molecule has 4 N–H and O–H groups in total.